The van der Waals surface area contributed by atoms with Gasteiger partial charge >= 0.3 is 0 Å². The number of hydrogen-bond acceptors (Lipinski definition) is 4. The van der Waals surface area contributed by atoms with E-state index in [-0.39, 0.29) is 12.5 Å². The van der Waals surface area contributed by atoms with Crippen LogP contribution in [0.5, 0.6) is 0 Å². The Hall–Kier alpha value is -0.430. The van der Waals surface area contributed by atoms with Crippen LogP contribution in [-0.2, 0) is 10.0 Å². The lowest BCUT2D eigenvalue weighted by molar-refractivity contribution is 0.118. The third kappa shape index (κ3) is 6.78. The predicted molar refractivity (Wildman–Crippen MR) is 67.8 cm³/mol. The van der Waals surface area contributed by atoms with Crippen LogP contribution in [0.15, 0.2) is 12.7 Å². The van der Waals surface area contributed by atoms with Gasteiger partial charge < -0.3 is 10.2 Å². The molecule has 3 atom stereocenters. The Bertz CT molecular complexity index is 315. The van der Waals surface area contributed by atoms with E-state index in [0.717, 1.165) is 0 Å². The molecule has 4 N–H and O–H groups in total. The molecule has 0 heterocycles. The minimum atomic E-state index is -3.56. The van der Waals surface area contributed by atoms with Gasteiger partial charge in [0.05, 0.1) is 11.4 Å². The number of allylic oxidation sites excluding steroid dienone is 1. The lowest BCUT2D eigenvalue weighted by Crippen LogP contribution is -2.33. The van der Waals surface area contributed by atoms with E-state index in [1.807, 2.05) is 0 Å². The van der Waals surface area contributed by atoms with Gasteiger partial charge in [-0.2, -0.15) is 0 Å². The molecule has 0 bridgehead atoms. The van der Waals surface area contributed by atoms with Gasteiger partial charge in [-0.3, -0.25) is 0 Å². The Morgan fingerprint density at radius 3 is 2.35 bits per heavy atom. The first-order valence-corrected chi connectivity index (χ1v) is 7.35. The molecule has 0 aliphatic carbocycles. The van der Waals surface area contributed by atoms with Gasteiger partial charge in [-0.15, -0.1) is 6.58 Å². The Morgan fingerprint density at radius 1 is 1.35 bits per heavy atom. The Balaban J connectivity index is 4.39. The van der Waals surface area contributed by atoms with E-state index in [4.69, 9.17) is 10.2 Å². The molecule has 0 aromatic carbocycles. The van der Waals surface area contributed by atoms with Crippen LogP contribution in [-0.4, -0.2) is 36.6 Å². The minimum absolute atomic E-state index is 0.0714. The van der Waals surface area contributed by atoms with E-state index in [1.165, 1.54) is 0 Å². The smallest absolute Gasteiger partial charge is 0.211 e. The molecule has 0 spiro atoms. The highest BCUT2D eigenvalue weighted by Gasteiger charge is 2.25. The van der Waals surface area contributed by atoms with Gasteiger partial charge in [0.1, 0.15) is 0 Å². The van der Waals surface area contributed by atoms with Gasteiger partial charge in [0.15, 0.2) is 0 Å². The van der Waals surface area contributed by atoms with E-state index in [2.05, 4.69) is 6.58 Å². The molecule has 102 valence electrons. The number of hydrogen-bond donors (Lipinski definition) is 3. The van der Waals surface area contributed by atoms with Gasteiger partial charge in [0, 0.05) is 6.61 Å². The van der Waals surface area contributed by atoms with E-state index in [0.29, 0.717) is 25.7 Å². The van der Waals surface area contributed by atoms with Crippen molar-refractivity contribution in [2.45, 2.75) is 44.0 Å². The fourth-order valence-corrected chi connectivity index (χ4v) is 2.51. The number of rotatable bonds is 9. The lowest BCUT2D eigenvalue weighted by atomic mass is 9.94. The second kappa shape index (κ2) is 7.81. The molecule has 0 saturated heterocycles. The third-order valence-corrected chi connectivity index (χ3v) is 4.41. The first-order valence-electron chi connectivity index (χ1n) is 5.74. The molecule has 0 aromatic heterocycles. The fourth-order valence-electron chi connectivity index (χ4n) is 1.73. The maximum absolute atomic E-state index is 11.3. The summed E-state index contributed by atoms with van der Waals surface area (Å²) >= 11 is 0. The van der Waals surface area contributed by atoms with Crippen molar-refractivity contribution in [3.63, 3.8) is 0 Å². The van der Waals surface area contributed by atoms with Gasteiger partial charge in [0.2, 0.25) is 10.0 Å². The summed E-state index contributed by atoms with van der Waals surface area (Å²) < 4.78 is 22.5. The molecule has 0 aliphatic heterocycles. The molecule has 0 radical (unpaired) electrons. The monoisotopic (exact) mass is 265 g/mol. The molecule has 0 aliphatic rings. The summed E-state index contributed by atoms with van der Waals surface area (Å²) in [5.74, 6) is -0.143. The third-order valence-electron chi connectivity index (χ3n) is 2.98. The summed E-state index contributed by atoms with van der Waals surface area (Å²) in [5, 5.41) is 22.6. The normalized spacial score (nSPS) is 17.4. The maximum Gasteiger partial charge on any atom is 0.211 e. The van der Waals surface area contributed by atoms with E-state index < -0.39 is 21.4 Å². The molecule has 0 amide bonds. The Kier molecular flexibility index (Phi) is 7.61. The summed E-state index contributed by atoms with van der Waals surface area (Å²) in [6.07, 6.45) is 2.92. The van der Waals surface area contributed by atoms with Gasteiger partial charge in [-0.1, -0.05) is 6.08 Å². The highest BCUT2D eigenvalue weighted by molar-refractivity contribution is 7.89. The summed E-state index contributed by atoms with van der Waals surface area (Å²) in [7, 11) is -3.56. The molecule has 17 heavy (non-hydrogen) atoms. The van der Waals surface area contributed by atoms with Crippen LogP contribution in [0.1, 0.15) is 32.6 Å². The maximum atomic E-state index is 11.3. The topological polar surface area (TPSA) is 101 Å². The molecule has 0 saturated carbocycles. The van der Waals surface area contributed by atoms with Gasteiger partial charge in [-0.05, 0) is 38.5 Å². The average Bonchev–Trinajstić information content (AvgIpc) is 2.22. The van der Waals surface area contributed by atoms with Gasteiger partial charge in [-0.25, -0.2) is 13.6 Å². The van der Waals surface area contributed by atoms with E-state index >= 15 is 0 Å². The largest absolute Gasteiger partial charge is 0.396 e. The average molecular weight is 265 g/mol. The number of sulfonamides is 1. The summed E-state index contributed by atoms with van der Waals surface area (Å²) in [6, 6.07) is 0. The van der Waals surface area contributed by atoms with Crippen molar-refractivity contribution in [3.05, 3.63) is 12.7 Å². The summed E-state index contributed by atoms with van der Waals surface area (Å²) in [6.45, 7) is 5.09. The van der Waals surface area contributed by atoms with Crippen LogP contribution >= 0.6 is 0 Å². The number of primary sulfonamides is 1. The van der Waals surface area contributed by atoms with Crippen LogP contribution in [0.3, 0.4) is 0 Å². The highest BCUT2D eigenvalue weighted by Crippen LogP contribution is 2.22. The summed E-state index contributed by atoms with van der Waals surface area (Å²) in [4.78, 5) is 0. The van der Waals surface area contributed by atoms with Crippen LogP contribution < -0.4 is 5.14 Å². The van der Waals surface area contributed by atoms with Crippen molar-refractivity contribution in [2.24, 2.45) is 11.1 Å². The lowest BCUT2D eigenvalue weighted by Gasteiger charge is -2.22. The molecule has 0 unspecified atom stereocenters. The number of aliphatic hydroxyl groups is 2. The first kappa shape index (κ1) is 16.6. The van der Waals surface area contributed by atoms with Crippen LogP contribution in [0.2, 0.25) is 0 Å². The van der Waals surface area contributed by atoms with Gasteiger partial charge in [0.25, 0.3) is 0 Å². The molecular formula is C11H23NO4S. The molecule has 0 aromatic rings. The Labute approximate surface area is 103 Å². The van der Waals surface area contributed by atoms with Crippen LogP contribution in [0.25, 0.3) is 0 Å². The predicted octanol–water partition coefficient (Wildman–Crippen LogP) is 0.379. The summed E-state index contributed by atoms with van der Waals surface area (Å²) in [5.41, 5.74) is 0. The van der Waals surface area contributed by atoms with E-state index in [1.54, 1.807) is 13.0 Å². The van der Waals surface area contributed by atoms with Crippen molar-refractivity contribution >= 4 is 10.0 Å². The molecule has 6 heteroatoms. The second-order valence-electron chi connectivity index (χ2n) is 4.32. The zero-order valence-electron chi connectivity index (χ0n) is 10.2. The SMILES string of the molecule is C=CC[C@@H](CC[C@H](O)CCO)[C@H](C)S(N)(=O)=O. The Morgan fingerprint density at radius 2 is 1.94 bits per heavy atom. The number of aliphatic hydroxyl groups excluding tert-OH is 2. The molecule has 0 rings (SSSR count). The zero-order valence-corrected chi connectivity index (χ0v) is 11.1. The van der Waals surface area contributed by atoms with Crippen LogP contribution in [0, 0.1) is 5.92 Å². The van der Waals surface area contributed by atoms with Crippen molar-refractivity contribution in [1.82, 2.24) is 0 Å². The molecular weight excluding hydrogens is 242 g/mol. The fraction of sp³-hybridized carbons (Fsp3) is 0.818. The standard InChI is InChI=1S/C11H23NO4S/c1-3-4-10(9(2)17(12,15)16)5-6-11(14)7-8-13/h3,9-11,13-14H,1,4-8H2,2H3,(H2,12,15,16)/t9-,10-,11-/m0/s1. The minimum Gasteiger partial charge on any atom is -0.396 e. The second-order valence-corrected chi connectivity index (χ2v) is 6.24. The van der Waals surface area contributed by atoms with Crippen LogP contribution in [0.4, 0.5) is 0 Å². The van der Waals surface area contributed by atoms with E-state index in [9.17, 15) is 13.5 Å². The molecule has 0 fully saturated rings. The molecule has 5 nitrogen and oxygen atoms in total. The highest BCUT2D eigenvalue weighted by atomic mass is 32.2. The first-order chi connectivity index (χ1) is 7.82. The van der Waals surface area contributed by atoms with Crippen molar-refractivity contribution in [3.8, 4) is 0 Å². The quantitative estimate of drug-likeness (QED) is 0.525. The van der Waals surface area contributed by atoms with Crippen molar-refractivity contribution in [1.29, 1.82) is 0 Å². The van der Waals surface area contributed by atoms with Crippen molar-refractivity contribution < 1.29 is 18.6 Å². The number of nitrogens with two attached hydrogens (primary N) is 1. The van der Waals surface area contributed by atoms with Crippen molar-refractivity contribution in [2.75, 3.05) is 6.61 Å². The zero-order chi connectivity index (χ0) is 13.5.